The standard InChI is InChI=1S/C21H15BrN2O3/c1-12-4-3-5-14(8-12)20-23-18(21(26)27-20)9-15-11-24(13(2)25)19-7-6-16(22)10-17(15)19/h3-11H,1-2H3. The maximum Gasteiger partial charge on any atom is 0.363 e. The molecule has 6 heteroatoms. The molecule has 1 aromatic heterocycles. The first-order chi connectivity index (χ1) is 12.9. The van der Waals surface area contributed by atoms with Crippen molar-refractivity contribution >= 4 is 50.7 Å². The molecule has 2 aromatic carbocycles. The molecule has 5 nitrogen and oxygen atoms in total. The summed E-state index contributed by atoms with van der Waals surface area (Å²) in [4.78, 5) is 28.6. The normalized spacial score (nSPS) is 15.3. The lowest BCUT2D eigenvalue weighted by atomic mass is 10.1. The van der Waals surface area contributed by atoms with Crippen LogP contribution in [0.25, 0.3) is 17.0 Å². The lowest BCUT2D eigenvalue weighted by molar-refractivity contribution is -0.129. The Hall–Kier alpha value is -2.99. The summed E-state index contributed by atoms with van der Waals surface area (Å²) < 4.78 is 7.78. The average molecular weight is 423 g/mol. The highest BCUT2D eigenvalue weighted by molar-refractivity contribution is 9.10. The Morgan fingerprint density at radius 1 is 1.22 bits per heavy atom. The molecule has 1 aliphatic heterocycles. The van der Waals surface area contributed by atoms with Crippen molar-refractivity contribution in [3.05, 3.63) is 75.5 Å². The predicted octanol–water partition coefficient (Wildman–Crippen LogP) is 4.72. The molecule has 0 fully saturated rings. The highest BCUT2D eigenvalue weighted by atomic mass is 79.9. The van der Waals surface area contributed by atoms with Crippen LogP contribution < -0.4 is 0 Å². The van der Waals surface area contributed by atoms with Crippen LogP contribution in [0.2, 0.25) is 0 Å². The number of aliphatic imine (C=N–C) groups is 1. The Labute approximate surface area is 164 Å². The third-order valence-corrected chi connectivity index (χ3v) is 4.81. The van der Waals surface area contributed by atoms with Crippen molar-refractivity contribution in [1.29, 1.82) is 0 Å². The van der Waals surface area contributed by atoms with Gasteiger partial charge in [0.1, 0.15) is 0 Å². The summed E-state index contributed by atoms with van der Waals surface area (Å²) in [5.74, 6) is -0.332. The lowest BCUT2D eigenvalue weighted by Gasteiger charge is -1.99. The van der Waals surface area contributed by atoms with Crippen molar-refractivity contribution in [2.75, 3.05) is 0 Å². The molecule has 0 atom stereocenters. The Morgan fingerprint density at radius 3 is 2.78 bits per heavy atom. The minimum atomic E-state index is -0.509. The predicted molar refractivity (Wildman–Crippen MR) is 108 cm³/mol. The average Bonchev–Trinajstić information content (AvgIpc) is 3.16. The van der Waals surface area contributed by atoms with Gasteiger partial charge in [0, 0.05) is 34.1 Å². The van der Waals surface area contributed by atoms with Crippen LogP contribution in [0.1, 0.15) is 28.4 Å². The second-order valence-electron chi connectivity index (χ2n) is 6.34. The zero-order valence-corrected chi connectivity index (χ0v) is 16.3. The van der Waals surface area contributed by atoms with Crippen LogP contribution in [-0.4, -0.2) is 22.3 Å². The first-order valence-corrected chi connectivity index (χ1v) is 9.13. The van der Waals surface area contributed by atoms with Crippen LogP contribution in [-0.2, 0) is 9.53 Å². The Morgan fingerprint density at radius 2 is 2.04 bits per heavy atom. The van der Waals surface area contributed by atoms with E-state index in [1.165, 1.54) is 6.92 Å². The fraction of sp³-hybridized carbons (Fsp3) is 0.0952. The molecule has 2 heterocycles. The van der Waals surface area contributed by atoms with Crippen LogP contribution in [0.3, 0.4) is 0 Å². The van der Waals surface area contributed by atoms with Crippen molar-refractivity contribution in [1.82, 2.24) is 4.57 Å². The summed E-state index contributed by atoms with van der Waals surface area (Å²) in [7, 11) is 0. The van der Waals surface area contributed by atoms with Gasteiger partial charge in [-0.05, 0) is 43.3 Å². The van der Waals surface area contributed by atoms with E-state index in [0.29, 0.717) is 0 Å². The molecule has 1 aliphatic rings. The van der Waals surface area contributed by atoms with E-state index >= 15 is 0 Å². The van der Waals surface area contributed by atoms with Gasteiger partial charge in [0.05, 0.1) is 5.52 Å². The van der Waals surface area contributed by atoms with Crippen molar-refractivity contribution in [2.24, 2.45) is 4.99 Å². The number of fused-ring (bicyclic) bond motifs is 1. The van der Waals surface area contributed by atoms with Crippen LogP contribution in [0.15, 0.2) is 63.8 Å². The molecular formula is C21H15BrN2O3. The molecule has 134 valence electrons. The number of benzene rings is 2. The van der Waals surface area contributed by atoms with Gasteiger partial charge in [-0.15, -0.1) is 0 Å². The SMILES string of the molecule is CC(=O)n1cc(C=C2N=C(c3cccc(C)c3)OC2=O)c2cc(Br)ccc21. The Balaban J connectivity index is 1.83. The number of carbonyl (C=O) groups excluding carboxylic acids is 2. The largest absolute Gasteiger partial charge is 0.402 e. The molecule has 27 heavy (non-hydrogen) atoms. The second kappa shape index (κ2) is 6.63. The summed E-state index contributed by atoms with van der Waals surface area (Å²) in [5.41, 5.74) is 3.50. The first kappa shape index (κ1) is 17.4. The quantitative estimate of drug-likeness (QED) is 0.443. The summed E-state index contributed by atoms with van der Waals surface area (Å²) in [6.45, 7) is 3.46. The molecule has 0 bridgehead atoms. The number of halogens is 1. The van der Waals surface area contributed by atoms with Gasteiger partial charge < -0.3 is 4.74 Å². The highest BCUT2D eigenvalue weighted by Crippen LogP contribution is 2.28. The highest BCUT2D eigenvalue weighted by Gasteiger charge is 2.25. The topological polar surface area (TPSA) is 60.7 Å². The number of ether oxygens (including phenoxy) is 1. The van der Waals surface area contributed by atoms with E-state index in [0.717, 1.165) is 32.1 Å². The molecule has 0 unspecified atom stereocenters. The maximum atomic E-state index is 12.3. The molecule has 0 radical (unpaired) electrons. The number of hydrogen-bond donors (Lipinski definition) is 0. The van der Waals surface area contributed by atoms with Gasteiger partial charge in [-0.2, -0.15) is 0 Å². The number of aryl methyl sites for hydroxylation is 1. The van der Waals surface area contributed by atoms with E-state index in [4.69, 9.17) is 4.74 Å². The fourth-order valence-electron chi connectivity index (χ4n) is 3.06. The third kappa shape index (κ3) is 3.24. The summed E-state index contributed by atoms with van der Waals surface area (Å²) in [6, 6.07) is 13.3. The van der Waals surface area contributed by atoms with E-state index in [9.17, 15) is 9.59 Å². The van der Waals surface area contributed by atoms with Crippen LogP contribution in [0, 0.1) is 6.92 Å². The van der Waals surface area contributed by atoms with Gasteiger partial charge in [-0.1, -0.05) is 33.6 Å². The van der Waals surface area contributed by atoms with Crippen molar-refractivity contribution in [3.63, 3.8) is 0 Å². The second-order valence-corrected chi connectivity index (χ2v) is 7.26. The zero-order chi connectivity index (χ0) is 19.1. The van der Waals surface area contributed by atoms with Gasteiger partial charge in [0.2, 0.25) is 11.8 Å². The number of cyclic esters (lactones) is 1. The summed E-state index contributed by atoms with van der Waals surface area (Å²) >= 11 is 3.45. The maximum absolute atomic E-state index is 12.3. The molecule has 0 aliphatic carbocycles. The monoisotopic (exact) mass is 422 g/mol. The van der Waals surface area contributed by atoms with E-state index in [1.54, 1.807) is 16.8 Å². The third-order valence-electron chi connectivity index (χ3n) is 4.31. The molecule has 0 saturated heterocycles. The first-order valence-electron chi connectivity index (χ1n) is 8.33. The van der Waals surface area contributed by atoms with E-state index in [2.05, 4.69) is 20.9 Å². The number of aromatic nitrogens is 1. The van der Waals surface area contributed by atoms with Crippen LogP contribution in [0.4, 0.5) is 0 Å². The van der Waals surface area contributed by atoms with Gasteiger partial charge in [0.15, 0.2) is 5.70 Å². The number of esters is 1. The van der Waals surface area contributed by atoms with Crippen molar-refractivity contribution in [3.8, 4) is 0 Å². The number of hydrogen-bond acceptors (Lipinski definition) is 4. The van der Waals surface area contributed by atoms with Gasteiger partial charge in [-0.25, -0.2) is 9.79 Å². The van der Waals surface area contributed by atoms with Gasteiger partial charge in [-0.3, -0.25) is 9.36 Å². The summed E-state index contributed by atoms with van der Waals surface area (Å²) in [6.07, 6.45) is 3.36. The minimum Gasteiger partial charge on any atom is -0.402 e. The van der Waals surface area contributed by atoms with Crippen LogP contribution in [0.5, 0.6) is 0 Å². The Kier molecular flexibility index (Phi) is 4.28. The van der Waals surface area contributed by atoms with E-state index < -0.39 is 5.97 Å². The summed E-state index contributed by atoms with van der Waals surface area (Å²) in [5, 5.41) is 0.846. The Bertz CT molecular complexity index is 1170. The zero-order valence-electron chi connectivity index (χ0n) is 14.7. The van der Waals surface area contributed by atoms with Crippen LogP contribution >= 0.6 is 15.9 Å². The molecule has 4 rings (SSSR count). The van der Waals surface area contributed by atoms with Crippen molar-refractivity contribution in [2.45, 2.75) is 13.8 Å². The molecular weight excluding hydrogens is 408 g/mol. The van der Waals surface area contributed by atoms with E-state index in [1.807, 2.05) is 49.4 Å². The number of carbonyl (C=O) groups is 2. The van der Waals surface area contributed by atoms with E-state index in [-0.39, 0.29) is 17.5 Å². The lowest BCUT2D eigenvalue weighted by Crippen LogP contribution is -2.05. The number of nitrogens with zero attached hydrogens (tertiary/aromatic N) is 2. The molecule has 0 spiro atoms. The smallest absolute Gasteiger partial charge is 0.363 e. The van der Waals surface area contributed by atoms with Gasteiger partial charge >= 0.3 is 5.97 Å². The molecule has 3 aromatic rings. The number of rotatable bonds is 2. The molecule has 0 saturated carbocycles. The minimum absolute atomic E-state index is 0.107. The van der Waals surface area contributed by atoms with Crippen molar-refractivity contribution < 1.29 is 14.3 Å². The fourth-order valence-corrected chi connectivity index (χ4v) is 3.42. The molecule has 0 amide bonds. The van der Waals surface area contributed by atoms with Gasteiger partial charge in [0.25, 0.3) is 0 Å². The molecule has 0 N–H and O–H groups in total.